The smallest absolute Gasteiger partial charge is 0.233 e. The van der Waals surface area contributed by atoms with Gasteiger partial charge in [-0.15, -0.1) is 0 Å². The van der Waals surface area contributed by atoms with E-state index in [9.17, 15) is 18.8 Å². The molecule has 1 saturated carbocycles. The Hall–Kier alpha value is -2.96. The molecule has 4 rings (SSSR count). The molecule has 1 aliphatic carbocycles. The predicted molar refractivity (Wildman–Crippen MR) is 101 cm³/mol. The minimum absolute atomic E-state index is 0.0371. The fraction of sp³-hybridized carbons (Fsp3) is 0.381. The molecular weight excluding hydrogens is 361 g/mol. The van der Waals surface area contributed by atoms with Crippen molar-refractivity contribution in [1.82, 2.24) is 9.47 Å². The van der Waals surface area contributed by atoms with Crippen LogP contribution in [0.15, 0.2) is 42.7 Å². The number of rotatable bonds is 5. The number of aromatic nitrogens is 1. The van der Waals surface area contributed by atoms with Crippen LogP contribution in [0.4, 0.5) is 10.1 Å². The summed E-state index contributed by atoms with van der Waals surface area (Å²) in [7, 11) is 0. The van der Waals surface area contributed by atoms with Crippen LogP contribution in [0.3, 0.4) is 0 Å². The summed E-state index contributed by atoms with van der Waals surface area (Å²) in [5.74, 6) is -1.74. The average Bonchev–Trinajstić information content (AvgIpc) is 3.31. The van der Waals surface area contributed by atoms with Gasteiger partial charge in [-0.05, 0) is 43.2 Å². The fourth-order valence-electron chi connectivity index (χ4n) is 4.15. The number of fused-ring (bicyclic) bond motifs is 1. The van der Waals surface area contributed by atoms with Crippen LogP contribution in [0.5, 0.6) is 0 Å². The molecule has 1 saturated heterocycles. The third-order valence-electron chi connectivity index (χ3n) is 5.62. The van der Waals surface area contributed by atoms with E-state index < -0.39 is 11.7 Å². The van der Waals surface area contributed by atoms with Crippen LogP contribution in [0.2, 0.25) is 0 Å². The molecule has 146 valence electrons. The van der Waals surface area contributed by atoms with Gasteiger partial charge in [0.25, 0.3) is 0 Å². The van der Waals surface area contributed by atoms with Crippen molar-refractivity contribution in [2.24, 2.45) is 11.8 Å². The van der Waals surface area contributed by atoms with Crippen LogP contribution in [0, 0.1) is 17.7 Å². The quantitative estimate of drug-likeness (QED) is 0.807. The number of imide groups is 1. The molecule has 0 bridgehead atoms. The molecule has 28 heavy (non-hydrogen) atoms. The third-order valence-corrected chi connectivity index (χ3v) is 5.62. The Morgan fingerprint density at radius 1 is 1.07 bits per heavy atom. The van der Waals surface area contributed by atoms with Crippen molar-refractivity contribution in [2.45, 2.75) is 32.1 Å². The first-order valence-corrected chi connectivity index (χ1v) is 9.62. The summed E-state index contributed by atoms with van der Waals surface area (Å²) in [5.41, 5.74) is 0.791. The topological polar surface area (TPSA) is 71.4 Å². The maximum absolute atomic E-state index is 14.1. The van der Waals surface area contributed by atoms with Gasteiger partial charge in [0.15, 0.2) is 0 Å². The van der Waals surface area contributed by atoms with Crippen molar-refractivity contribution in [3.63, 3.8) is 0 Å². The van der Waals surface area contributed by atoms with Gasteiger partial charge in [0.1, 0.15) is 5.82 Å². The number of carbonyl (C=O) groups excluding carboxylic acids is 3. The number of carbonyl (C=O) groups is 3. The number of hydrogen-bond donors (Lipinski definition) is 1. The highest BCUT2D eigenvalue weighted by Crippen LogP contribution is 2.38. The second kappa shape index (κ2) is 7.58. The van der Waals surface area contributed by atoms with E-state index in [0.29, 0.717) is 0 Å². The number of hydrogen-bond acceptors (Lipinski definition) is 3. The molecule has 2 unspecified atom stereocenters. The molecule has 2 heterocycles. The summed E-state index contributed by atoms with van der Waals surface area (Å²) in [6, 6.07) is 8.16. The molecule has 0 radical (unpaired) electrons. The Morgan fingerprint density at radius 2 is 1.71 bits per heavy atom. The zero-order valence-electron chi connectivity index (χ0n) is 15.4. The molecule has 2 aliphatic rings. The van der Waals surface area contributed by atoms with E-state index >= 15 is 0 Å². The number of halogens is 1. The van der Waals surface area contributed by atoms with Crippen LogP contribution in [0.25, 0.3) is 5.69 Å². The molecule has 6 nitrogen and oxygen atoms in total. The second-order valence-corrected chi connectivity index (χ2v) is 7.38. The molecule has 0 spiro atoms. The van der Waals surface area contributed by atoms with Gasteiger partial charge in [-0.3, -0.25) is 19.3 Å². The van der Waals surface area contributed by atoms with Gasteiger partial charge < -0.3 is 9.88 Å². The molecule has 1 aromatic heterocycles. The summed E-state index contributed by atoms with van der Waals surface area (Å²) in [5, 5.41) is 2.55. The summed E-state index contributed by atoms with van der Waals surface area (Å²) < 4.78 is 15.9. The SMILES string of the molecule is O=C(CCN1C(=O)C2CCCCC2C1=O)Nc1cc(-n2cccc2)ccc1F. The monoisotopic (exact) mass is 383 g/mol. The van der Waals surface area contributed by atoms with Crippen molar-refractivity contribution in [1.29, 1.82) is 0 Å². The average molecular weight is 383 g/mol. The Morgan fingerprint density at radius 3 is 2.36 bits per heavy atom. The van der Waals surface area contributed by atoms with Crippen LogP contribution < -0.4 is 5.32 Å². The first kappa shape index (κ1) is 18.4. The van der Waals surface area contributed by atoms with Gasteiger partial charge >= 0.3 is 0 Å². The minimum atomic E-state index is -0.538. The van der Waals surface area contributed by atoms with Crippen molar-refractivity contribution < 1.29 is 18.8 Å². The molecule has 2 aromatic rings. The summed E-state index contributed by atoms with van der Waals surface area (Å²) in [4.78, 5) is 38.5. The predicted octanol–water partition coefficient (Wildman–Crippen LogP) is 3.12. The first-order valence-electron chi connectivity index (χ1n) is 9.62. The Bertz CT molecular complexity index is 886. The van der Waals surface area contributed by atoms with Crippen LogP contribution in [-0.4, -0.2) is 33.7 Å². The standard InChI is InChI=1S/C21H22FN3O3/c22-17-8-7-14(24-10-3-4-11-24)13-18(17)23-19(26)9-12-25-20(27)15-5-1-2-6-16(15)21(25)28/h3-4,7-8,10-11,13,15-16H,1-2,5-6,9,12H2,(H,23,26). The Kier molecular flexibility index (Phi) is 4.98. The highest BCUT2D eigenvalue weighted by atomic mass is 19.1. The third kappa shape index (κ3) is 3.44. The molecule has 2 atom stereocenters. The van der Waals surface area contributed by atoms with E-state index in [1.807, 2.05) is 24.5 Å². The Balaban J connectivity index is 1.39. The van der Waals surface area contributed by atoms with Crippen molar-refractivity contribution in [3.8, 4) is 5.69 Å². The van der Waals surface area contributed by atoms with Crippen LogP contribution >= 0.6 is 0 Å². The highest BCUT2D eigenvalue weighted by molar-refractivity contribution is 6.05. The zero-order chi connectivity index (χ0) is 19.7. The lowest BCUT2D eigenvalue weighted by atomic mass is 9.81. The largest absolute Gasteiger partial charge is 0.324 e. The van der Waals surface area contributed by atoms with Crippen molar-refractivity contribution in [3.05, 3.63) is 48.5 Å². The van der Waals surface area contributed by atoms with Gasteiger partial charge in [-0.1, -0.05) is 12.8 Å². The fourth-order valence-corrected chi connectivity index (χ4v) is 4.15. The van der Waals surface area contributed by atoms with Crippen molar-refractivity contribution in [2.75, 3.05) is 11.9 Å². The maximum Gasteiger partial charge on any atom is 0.233 e. The molecule has 1 aromatic carbocycles. The molecule has 7 heteroatoms. The van der Waals surface area contributed by atoms with E-state index in [1.165, 1.54) is 11.0 Å². The lowest BCUT2D eigenvalue weighted by Crippen LogP contribution is -2.34. The number of nitrogens with one attached hydrogen (secondary N) is 1. The van der Waals surface area contributed by atoms with E-state index in [4.69, 9.17) is 0 Å². The van der Waals surface area contributed by atoms with Crippen LogP contribution in [0.1, 0.15) is 32.1 Å². The van der Waals surface area contributed by atoms with E-state index in [0.717, 1.165) is 31.4 Å². The van der Waals surface area contributed by atoms with E-state index in [1.54, 1.807) is 16.7 Å². The number of amides is 3. The van der Waals surface area contributed by atoms with Gasteiger partial charge in [0, 0.05) is 31.0 Å². The lowest BCUT2D eigenvalue weighted by molar-refractivity contribution is -0.140. The molecule has 1 N–H and O–H groups in total. The maximum atomic E-state index is 14.1. The number of anilines is 1. The lowest BCUT2D eigenvalue weighted by Gasteiger charge is -2.19. The molecule has 2 fully saturated rings. The number of nitrogens with zero attached hydrogens (tertiary/aromatic N) is 2. The van der Waals surface area contributed by atoms with E-state index in [2.05, 4.69) is 5.32 Å². The van der Waals surface area contributed by atoms with Gasteiger partial charge in [0.2, 0.25) is 17.7 Å². The van der Waals surface area contributed by atoms with Gasteiger partial charge in [-0.25, -0.2) is 4.39 Å². The number of benzene rings is 1. The summed E-state index contributed by atoms with van der Waals surface area (Å²) in [6.45, 7) is 0.0371. The van der Waals surface area contributed by atoms with Crippen LogP contribution in [-0.2, 0) is 14.4 Å². The normalized spacial score (nSPS) is 21.7. The van der Waals surface area contributed by atoms with Crippen molar-refractivity contribution >= 4 is 23.4 Å². The summed E-state index contributed by atoms with van der Waals surface area (Å²) >= 11 is 0. The van der Waals surface area contributed by atoms with E-state index in [-0.39, 0.29) is 42.3 Å². The molecule has 1 aliphatic heterocycles. The van der Waals surface area contributed by atoms with Gasteiger partial charge in [0.05, 0.1) is 17.5 Å². The molecular formula is C21H22FN3O3. The number of likely N-dealkylation sites (tertiary alicyclic amines) is 1. The highest BCUT2D eigenvalue weighted by Gasteiger charge is 2.47. The zero-order valence-corrected chi connectivity index (χ0v) is 15.4. The summed E-state index contributed by atoms with van der Waals surface area (Å²) in [6.07, 6.45) is 7.01. The van der Waals surface area contributed by atoms with Gasteiger partial charge in [-0.2, -0.15) is 0 Å². The minimum Gasteiger partial charge on any atom is -0.324 e. The first-order chi connectivity index (χ1) is 13.5. The Labute approximate surface area is 162 Å². The second-order valence-electron chi connectivity index (χ2n) is 7.38. The molecule has 3 amide bonds.